The Morgan fingerprint density at radius 1 is 0.778 bits per heavy atom. The summed E-state index contributed by atoms with van der Waals surface area (Å²) in [5, 5.41) is 22.1. The van der Waals surface area contributed by atoms with Gasteiger partial charge in [0.15, 0.2) is 0 Å². The molecule has 0 radical (unpaired) electrons. The summed E-state index contributed by atoms with van der Waals surface area (Å²) in [6.45, 7) is 7.60. The molecule has 0 aromatic heterocycles. The summed E-state index contributed by atoms with van der Waals surface area (Å²) in [5.74, 6) is 0. The molecule has 96 valence electrons. The van der Waals surface area contributed by atoms with E-state index in [4.69, 9.17) is 0 Å². The van der Waals surface area contributed by atoms with Crippen molar-refractivity contribution in [3.05, 3.63) is 46.5 Å². The van der Waals surface area contributed by atoms with E-state index >= 15 is 0 Å². The van der Waals surface area contributed by atoms with Crippen LogP contribution in [0.15, 0.2) is 24.3 Å². The van der Waals surface area contributed by atoms with Crippen LogP contribution in [-0.4, -0.2) is 10.2 Å². The molecule has 0 heterocycles. The van der Waals surface area contributed by atoms with Crippen LogP contribution in [0.2, 0.25) is 0 Å². The first-order valence-electron chi connectivity index (χ1n) is 6.33. The van der Waals surface area contributed by atoms with Crippen LogP contribution in [0.25, 0.3) is 10.8 Å². The minimum atomic E-state index is -0.503. The monoisotopic (exact) mass is 244 g/mol. The molecule has 0 saturated carbocycles. The van der Waals surface area contributed by atoms with E-state index in [9.17, 15) is 10.2 Å². The van der Waals surface area contributed by atoms with Crippen molar-refractivity contribution in [2.24, 2.45) is 0 Å². The summed E-state index contributed by atoms with van der Waals surface area (Å²) in [6, 6.07) is 7.95. The number of benzene rings is 2. The van der Waals surface area contributed by atoms with E-state index in [-0.39, 0.29) is 0 Å². The maximum Gasteiger partial charge on any atom is 0.0770 e. The van der Waals surface area contributed by atoms with Gasteiger partial charge in [0.25, 0.3) is 0 Å². The van der Waals surface area contributed by atoms with Crippen LogP contribution in [0.4, 0.5) is 0 Å². The van der Waals surface area contributed by atoms with E-state index in [1.54, 1.807) is 13.8 Å². The first-order valence-corrected chi connectivity index (χ1v) is 6.33. The Balaban J connectivity index is 2.97. The predicted molar refractivity (Wildman–Crippen MR) is 74.7 cm³/mol. The quantitative estimate of drug-likeness (QED) is 0.848. The van der Waals surface area contributed by atoms with Crippen LogP contribution < -0.4 is 0 Å². The summed E-state index contributed by atoms with van der Waals surface area (Å²) in [4.78, 5) is 0. The van der Waals surface area contributed by atoms with Crippen LogP contribution in [0, 0.1) is 13.8 Å². The van der Waals surface area contributed by atoms with E-state index in [0.717, 1.165) is 33.0 Å². The van der Waals surface area contributed by atoms with E-state index in [1.807, 2.05) is 38.1 Å². The smallest absolute Gasteiger partial charge is 0.0770 e. The molecular weight excluding hydrogens is 224 g/mol. The number of fused-ring (bicyclic) bond motifs is 1. The number of rotatable bonds is 2. The molecular formula is C16H20O2. The van der Waals surface area contributed by atoms with E-state index < -0.39 is 12.2 Å². The van der Waals surface area contributed by atoms with Gasteiger partial charge in [0, 0.05) is 0 Å². The first kappa shape index (κ1) is 13.1. The lowest BCUT2D eigenvalue weighted by Gasteiger charge is -2.21. The summed E-state index contributed by atoms with van der Waals surface area (Å²) in [6.07, 6.45) is -1.01. The molecule has 2 aromatic rings. The SMILES string of the molecule is Cc1c(C)c(C(C)O)c2ccccc2c1C(C)O. The molecule has 2 unspecified atom stereocenters. The fraction of sp³-hybridized carbons (Fsp3) is 0.375. The molecule has 2 heteroatoms. The third-order valence-corrected chi connectivity index (χ3v) is 3.71. The van der Waals surface area contributed by atoms with Crippen molar-refractivity contribution in [1.29, 1.82) is 0 Å². The Labute approximate surface area is 108 Å². The zero-order valence-corrected chi connectivity index (χ0v) is 11.4. The van der Waals surface area contributed by atoms with Gasteiger partial charge in [0.2, 0.25) is 0 Å². The fourth-order valence-corrected chi connectivity index (χ4v) is 2.84. The molecule has 2 atom stereocenters. The van der Waals surface area contributed by atoms with Crippen molar-refractivity contribution in [3.8, 4) is 0 Å². The molecule has 2 N–H and O–H groups in total. The number of aliphatic hydroxyl groups excluding tert-OH is 2. The molecule has 0 aliphatic carbocycles. The molecule has 2 nitrogen and oxygen atoms in total. The van der Waals surface area contributed by atoms with Gasteiger partial charge in [-0.25, -0.2) is 0 Å². The molecule has 0 spiro atoms. The Morgan fingerprint density at radius 2 is 1.11 bits per heavy atom. The van der Waals surface area contributed by atoms with Crippen LogP contribution in [0.3, 0.4) is 0 Å². The molecule has 0 fully saturated rings. The Hall–Kier alpha value is -1.38. The Kier molecular flexibility index (Phi) is 3.42. The average Bonchev–Trinajstić information content (AvgIpc) is 2.29. The third-order valence-electron chi connectivity index (χ3n) is 3.71. The van der Waals surface area contributed by atoms with Crippen LogP contribution in [-0.2, 0) is 0 Å². The molecule has 2 aromatic carbocycles. The van der Waals surface area contributed by atoms with Crippen molar-refractivity contribution in [2.75, 3.05) is 0 Å². The van der Waals surface area contributed by atoms with Gasteiger partial charge in [-0.15, -0.1) is 0 Å². The van der Waals surface area contributed by atoms with E-state index in [2.05, 4.69) is 0 Å². The van der Waals surface area contributed by atoms with Crippen LogP contribution >= 0.6 is 0 Å². The van der Waals surface area contributed by atoms with Crippen molar-refractivity contribution in [1.82, 2.24) is 0 Å². The summed E-state index contributed by atoms with van der Waals surface area (Å²) in [7, 11) is 0. The number of hydrogen-bond donors (Lipinski definition) is 2. The van der Waals surface area contributed by atoms with Gasteiger partial charge in [-0.1, -0.05) is 24.3 Å². The molecule has 18 heavy (non-hydrogen) atoms. The minimum Gasteiger partial charge on any atom is -0.389 e. The van der Waals surface area contributed by atoms with Gasteiger partial charge in [-0.2, -0.15) is 0 Å². The first-order chi connectivity index (χ1) is 8.45. The van der Waals surface area contributed by atoms with Gasteiger partial charge in [-0.05, 0) is 60.7 Å². The third kappa shape index (κ3) is 1.92. The maximum absolute atomic E-state index is 9.99. The van der Waals surface area contributed by atoms with E-state index in [1.165, 1.54) is 0 Å². The van der Waals surface area contributed by atoms with Gasteiger partial charge in [0.05, 0.1) is 12.2 Å². The second-order valence-electron chi connectivity index (χ2n) is 4.97. The highest BCUT2D eigenvalue weighted by Gasteiger charge is 2.18. The summed E-state index contributed by atoms with van der Waals surface area (Å²) >= 11 is 0. The lowest BCUT2D eigenvalue weighted by molar-refractivity contribution is 0.196. The Morgan fingerprint density at radius 3 is 1.39 bits per heavy atom. The van der Waals surface area contributed by atoms with Crippen molar-refractivity contribution in [3.63, 3.8) is 0 Å². The van der Waals surface area contributed by atoms with Crippen molar-refractivity contribution in [2.45, 2.75) is 39.9 Å². The molecule has 0 saturated heterocycles. The largest absolute Gasteiger partial charge is 0.389 e. The highest BCUT2D eigenvalue weighted by molar-refractivity contribution is 5.91. The fourth-order valence-electron chi connectivity index (χ4n) is 2.84. The second kappa shape index (κ2) is 4.71. The predicted octanol–water partition coefficient (Wildman–Crippen LogP) is 3.56. The molecule has 2 rings (SSSR count). The van der Waals surface area contributed by atoms with Gasteiger partial charge in [0.1, 0.15) is 0 Å². The molecule has 0 aliphatic rings. The van der Waals surface area contributed by atoms with Crippen molar-refractivity contribution < 1.29 is 10.2 Å². The summed E-state index contributed by atoms with van der Waals surface area (Å²) in [5.41, 5.74) is 4.07. The second-order valence-corrected chi connectivity index (χ2v) is 4.97. The molecule has 0 aliphatic heterocycles. The van der Waals surface area contributed by atoms with Gasteiger partial charge < -0.3 is 10.2 Å². The maximum atomic E-state index is 9.99. The molecule has 0 amide bonds. The average molecular weight is 244 g/mol. The topological polar surface area (TPSA) is 40.5 Å². The zero-order valence-electron chi connectivity index (χ0n) is 11.4. The summed E-state index contributed by atoms with van der Waals surface area (Å²) < 4.78 is 0. The highest BCUT2D eigenvalue weighted by Crippen LogP contribution is 2.36. The van der Waals surface area contributed by atoms with E-state index in [0.29, 0.717) is 0 Å². The highest BCUT2D eigenvalue weighted by atomic mass is 16.3. The lowest BCUT2D eigenvalue weighted by Crippen LogP contribution is -2.05. The normalized spacial score (nSPS) is 14.8. The van der Waals surface area contributed by atoms with Gasteiger partial charge >= 0.3 is 0 Å². The number of aliphatic hydroxyl groups is 2. The lowest BCUT2D eigenvalue weighted by atomic mass is 9.86. The van der Waals surface area contributed by atoms with Crippen LogP contribution in [0.5, 0.6) is 0 Å². The van der Waals surface area contributed by atoms with Gasteiger partial charge in [-0.3, -0.25) is 0 Å². The minimum absolute atomic E-state index is 0.503. The molecule has 0 bridgehead atoms. The standard InChI is InChI=1S/C16H20O2/c1-9-10(2)16(12(4)18)14-8-6-5-7-13(14)15(9)11(3)17/h5-8,11-12,17-18H,1-4H3. The zero-order chi connectivity index (χ0) is 13.4. The number of hydrogen-bond acceptors (Lipinski definition) is 2. The van der Waals surface area contributed by atoms with Crippen molar-refractivity contribution >= 4 is 10.8 Å². The van der Waals surface area contributed by atoms with Crippen LogP contribution in [0.1, 0.15) is 48.3 Å². The Bertz CT molecular complexity index is 531.